The molecule has 2 aromatic carbocycles. The lowest BCUT2D eigenvalue weighted by Crippen LogP contribution is -2.53. The Morgan fingerprint density at radius 3 is 2.50 bits per heavy atom. The fraction of sp³-hybridized carbons (Fsp3) is 0.273. The molecule has 0 unspecified atom stereocenters. The van der Waals surface area contributed by atoms with Gasteiger partial charge in [0.15, 0.2) is 5.82 Å². The SMILES string of the molecule is CC1(C)c2nc(-c3ccc(F)c(Cl)c3F)c(Nc3ccc(F)cc3)n2CCN1C(=O)CN. The summed E-state index contributed by atoms with van der Waals surface area (Å²) in [4.78, 5) is 18.7. The Labute approximate surface area is 187 Å². The molecule has 6 nitrogen and oxygen atoms in total. The summed E-state index contributed by atoms with van der Waals surface area (Å²) in [5.74, 6) is -1.57. The van der Waals surface area contributed by atoms with Gasteiger partial charge in [-0.25, -0.2) is 18.2 Å². The summed E-state index contributed by atoms with van der Waals surface area (Å²) in [5.41, 5.74) is 5.45. The van der Waals surface area contributed by atoms with E-state index >= 15 is 0 Å². The highest BCUT2D eigenvalue weighted by atomic mass is 35.5. The Morgan fingerprint density at radius 1 is 1.16 bits per heavy atom. The van der Waals surface area contributed by atoms with Crippen molar-refractivity contribution >= 4 is 29.0 Å². The van der Waals surface area contributed by atoms with Crippen LogP contribution in [-0.4, -0.2) is 33.4 Å². The van der Waals surface area contributed by atoms with E-state index in [1.165, 1.54) is 30.3 Å². The van der Waals surface area contributed by atoms with Crippen LogP contribution in [-0.2, 0) is 16.9 Å². The van der Waals surface area contributed by atoms with Crippen LogP contribution in [0.15, 0.2) is 36.4 Å². The number of imidazole rings is 1. The third-order valence-corrected chi connectivity index (χ3v) is 5.96. The van der Waals surface area contributed by atoms with Crippen LogP contribution in [0.5, 0.6) is 0 Å². The van der Waals surface area contributed by atoms with Crippen molar-refractivity contribution in [2.24, 2.45) is 5.73 Å². The van der Waals surface area contributed by atoms with Crippen molar-refractivity contribution in [2.45, 2.75) is 25.9 Å². The van der Waals surface area contributed by atoms with Gasteiger partial charge in [-0.1, -0.05) is 11.6 Å². The topological polar surface area (TPSA) is 76.2 Å². The zero-order chi connectivity index (χ0) is 23.2. The number of rotatable bonds is 4. The largest absolute Gasteiger partial charge is 0.340 e. The van der Waals surface area contributed by atoms with Crippen LogP contribution >= 0.6 is 11.6 Å². The molecule has 0 saturated heterocycles. The highest BCUT2D eigenvalue weighted by Crippen LogP contribution is 2.41. The van der Waals surface area contributed by atoms with E-state index in [1.807, 2.05) is 18.4 Å². The molecule has 0 saturated carbocycles. The molecule has 4 rings (SSSR count). The van der Waals surface area contributed by atoms with Crippen LogP contribution in [0, 0.1) is 17.5 Å². The summed E-state index contributed by atoms with van der Waals surface area (Å²) in [5, 5.41) is 2.53. The highest BCUT2D eigenvalue weighted by Gasteiger charge is 2.41. The molecule has 3 N–H and O–H groups in total. The lowest BCUT2D eigenvalue weighted by Gasteiger charge is -2.42. The number of aromatic nitrogens is 2. The van der Waals surface area contributed by atoms with Crippen molar-refractivity contribution in [3.63, 3.8) is 0 Å². The minimum Gasteiger partial charge on any atom is -0.340 e. The van der Waals surface area contributed by atoms with E-state index in [0.717, 1.165) is 6.07 Å². The van der Waals surface area contributed by atoms with E-state index < -0.39 is 28.0 Å². The summed E-state index contributed by atoms with van der Waals surface area (Å²) in [6, 6.07) is 7.97. The molecule has 0 radical (unpaired) electrons. The van der Waals surface area contributed by atoms with Crippen molar-refractivity contribution in [1.82, 2.24) is 14.5 Å². The molecule has 0 fully saturated rings. The first-order valence-corrected chi connectivity index (χ1v) is 10.3. The molecule has 3 aromatic rings. The van der Waals surface area contributed by atoms with E-state index in [1.54, 1.807) is 4.90 Å². The van der Waals surface area contributed by atoms with Crippen LogP contribution in [0.4, 0.5) is 24.7 Å². The molecular weight excluding hydrogens is 443 g/mol. The third-order valence-electron chi connectivity index (χ3n) is 5.61. The summed E-state index contributed by atoms with van der Waals surface area (Å²) in [7, 11) is 0. The first-order valence-electron chi connectivity index (χ1n) is 9.93. The zero-order valence-electron chi connectivity index (χ0n) is 17.4. The van der Waals surface area contributed by atoms with E-state index in [2.05, 4.69) is 10.3 Å². The molecule has 0 aliphatic carbocycles. The van der Waals surface area contributed by atoms with E-state index in [0.29, 0.717) is 30.4 Å². The summed E-state index contributed by atoms with van der Waals surface area (Å²) >= 11 is 5.82. The molecule has 2 heterocycles. The minimum absolute atomic E-state index is 0.00425. The van der Waals surface area contributed by atoms with Gasteiger partial charge in [-0.15, -0.1) is 0 Å². The average molecular weight is 464 g/mol. The molecule has 1 aromatic heterocycles. The molecular formula is C22H21ClF3N5O. The fourth-order valence-electron chi connectivity index (χ4n) is 3.98. The number of halogens is 4. The van der Waals surface area contributed by atoms with Crippen LogP contribution in [0.25, 0.3) is 11.3 Å². The van der Waals surface area contributed by atoms with Gasteiger partial charge in [0.05, 0.1) is 12.1 Å². The predicted molar refractivity (Wildman–Crippen MR) is 116 cm³/mol. The third kappa shape index (κ3) is 3.61. The average Bonchev–Trinajstić information content (AvgIpc) is 3.13. The smallest absolute Gasteiger partial charge is 0.237 e. The van der Waals surface area contributed by atoms with Crippen molar-refractivity contribution in [3.05, 3.63) is 64.7 Å². The maximum absolute atomic E-state index is 15.0. The monoisotopic (exact) mass is 463 g/mol. The molecule has 0 atom stereocenters. The van der Waals surface area contributed by atoms with Crippen molar-refractivity contribution < 1.29 is 18.0 Å². The number of nitrogens with one attached hydrogen (secondary N) is 1. The molecule has 168 valence electrons. The molecule has 1 amide bonds. The van der Waals surface area contributed by atoms with Gasteiger partial charge in [0, 0.05) is 24.3 Å². The minimum atomic E-state index is -0.947. The number of anilines is 2. The fourth-order valence-corrected chi connectivity index (χ4v) is 4.14. The standard InChI is InChI=1S/C22H21ClF3N5O/c1-22(2)21-29-19(14-7-8-15(25)17(23)18(14)26)20(28-13-5-3-12(24)4-6-13)30(21)9-10-31(22)16(32)11-27/h3-8,28H,9-11,27H2,1-2H3. The second-order valence-electron chi connectivity index (χ2n) is 7.95. The van der Waals surface area contributed by atoms with Gasteiger partial charge in [-0.2, -0.15) is 0 Å². The second kappa shape index (κ2) is 8.14. The first-order chi connectivity index (χ1) is 15.1. The number of hydrogen-bond donors (Lipinski definition) is 2. The maximum Gasteiger partial charge on any atom is 0.237 e. The Hall–Kier alpha value is -3.04. The molecule has 0 bridgehead atoms. The van der Waals surface area contributed by atoms with Gasteiger partial charge in [0.25, 0.3) is 0 Å². The van der Waals surface area contributed by atoms with E-state index in [4.69, 9.17) is 17.3 Å². The number of fused-ring (bicyclic) bond motifs is 1. The van der Waals surface area contributed by atoms with Gasteiger partial charge in [0.1, 0.15) is 34.0 Å². The number of carbonyl (C=O) groups is 1. The zero-order valence-corrected chi connectivity index (χ0v) is 18.2. The highest BCUT2D eigenvalue weighted by molar-refractivity contribution is 6.31. The van der Waals surface area contributed by atoms with Gasteiger partial charge in [-0.05, 0) is 50.2 Å². The molecule has 1 aliphatic heterocycles. The maximum atomic E-state index is 15.0. The van der Waals surface area contributed by atoms with Crippen LogP contribution in [0.2, 0.25) is 5.02 Å². The van der Waals surface area contributed by atoms with Crippen LogP contribution in [0.3, 0.4) is 0 Å². The Balaban J connectivity index is 1.92. The molecule has 10 heteroatoms. The normalized spacial score (nSPS) is 14.9. The molecule has 0 spiro atoms. The second-order valence-corrected chi connectivity index (χ2v) is 8.33. The van der Waals surface area contributed by atoms with Crippen LogP contribution < -0.4 is 11.1 Å². The lowest BCUT2D eigenvalue weighted by molar-refractivity contribution is -0.137. The Bertz CT molecular complexity index is 1190. The van der Waals surface area contributed by atoms with Gasteiger partial charge >= 0.3 is 0 Å². The van der Waals surface area contributed by atoms with E-state index in [-0.39, 0.29) is 23.7 Å². The van der Waals surface area contributed by atoms with Crippen LogP contribution in [0.1, 0.15) is 19.7 Å². The van der Waals surface area contributed by atoms with Gasteiger partial charge in [0.2, 0.25) is 5.91 Å². The summed E-state index contributed by atoms with van der Waals surface area (Å²) in [6.07, 6.45) is 0. The number of benzene rings is 2. The van der Waals surface area contributed by atoms with E-state index in [9.17, 15) is 18.0 Å². The molecule has 1 aliphatic rings. The summed E-state index contributed by atoms with van der Waals surface area (Å²) in [6.45, 7) is 4.20. The lowest BCUT2D eigenvalue weighted by atomic mass is 9.99. The van der Waals surface area contributed by atoms with Crippen molar-refractivity contribution in [2.75, 3.05) is 18.4 Å². The number of nitrogens with zero attached hydrogens (tertiary/aromatic N) is 3. The molecule has 32 heavy (non-hydrogen) atoms. The number of hydrogen-bond acceptors (Lipinski definition) is 4. The van der Waals surface area contributed by atoms with Gasteiger partial charge in [-0.3, -0.25) is 4.79 Å². The van der Waals surface area contributed by atoms with Crippen molar-refractivity contribution in [1.29, 1.82) is 0 Å². The summed E-state index contributed by atoms with van der Waals surface area (Å²) < 4.78 is 44.0. The number of amides is 1. The first kappa shape index (κ1) is 22.2. The number of nitrogens with two attached hydrogens (primary N) is 1. The quantitative estimate of drug-likeness (QED) is 0.562. The predicted octanol–water partition coefficient (Wildman–Crippen LogP) is 4.40. The number of carbonyl (C=O) groups excluding carboxylic acids is 1. The Kier molecular flexibility index (Phi) is 5.64. The van der Waals surface area contributed by atoms with Gasteiger partial charge < -0.3 is 20.5 Å². The van der Waals surface area contributed by atoms with Crippen molar-refractivity contribution in [3.8, 4) is 11.3 Å². The Morgan fingerprint density at radius 2 is 1.84 bits per heavy atom.